The number of hydrogen-bond acceptors (Lipinski definition) is 4. The molecule has 3 rings (SSSR count). The molecule has 0 aliphatic carbocycles. The fourth-order valence-electron chi connectivity index (χ4n) is 2.42. The van der Waals surface area contributed by atoms with Crippen molar-refractivity contribution in [2.45, 2.75) is 5.66 Å². The Labute approximate surface area is 120 Å². The normalized spacial score (nSPS) is 19.2. The largest absolute Gasteiger partial charge is 0.478 e. The van der Waals surface area contributed by atoms with E-state index in [0.717, 1.165) is 0 Å². The lowest BCUT2D eigenvalue weighted by Gasteiger charge is -2.27. The molecule has 0 saturated heterocycles. The van der Waals surface area contributed by atoms with Crippen LogP contribution < -0.4 is 16.4 Å². The molecule has 1 heterocycles. The molecule has 1 aliphatic rings. The molecule has 106 valence electrons. The highest BCUT2D eigenvalue weighted by Gasteiger charge is 2.43. The van der Waals surface area contributed by atoms with Gasteiger partial charge in [0, 0.05) is 5.56 Å². The maximum absolute atomic E-state index is 12.0. The molecule has 2 aromatic rings. The number of carboxylic acid groups (broad SMARTS) is 1. The number of carbonyl (C=O) groups excluding carboxylic acids is 1. The van der Waals surface area contributed by atoms with Crippen molar-refractivity contribution in [3.63, 3.8) is 0 Å². The van der Waals surface area contributed by atoms with Crippen LogP contribution in [0.4, 0.5) is 11.4 Å². The predicted octanol–water partition coefficient (Wildman–Crippen LogP) is 1.56. The van der Waals surface area contributed by atoms with Crippen molar-refractivity contribution in [3.05, 3.63) is 59.7 Å². The highest BCUT2D eigenvalue weighted by molar-refractivity contribution is 5.99. The third-order valence-electron chi connectivity index (χ3n) is 3.49. The second-order valence-corrected chi connectivity index (χ2v) is 4.80. The number of amides is 1. The van der Waals surface area contributed by atoms with E-state index in [9.17, 15) is 9.59 Å². The van der Waals surface area contributed by atoms with Crippen LogP contribution >= 0.6 is 0 Å². The summed E-state index contributed by atoms with van der Waals surface area (Å²) in [7, 11) is 0. The number of carboxylic acids is 1. The summed E-state index contributed by atoms with van der Waals surface area (Å²) in [5.41, 5.74) is 6.23. The van der Waals surface area contributed by atoms with Gasteiger partial charge in [0.2, 0.25) is 5.66 Å². The molecule has 0 fully saturated rings. The molecule has 1 amide bonds. The van der Waals surface area contributed by atoms with Crippen LogP contribution in [0.1, 0.15) is 15.9 Å². The highest BCUT2D eigenvalue weighted by atomic mass is 16.4. The van der Waals surface area contributed by atoms with Gasteiger partial charge in [-0.15, -0.1) is 0 Å². The van der Waals surface area contributed by atoms with Crippen LogP contribution in [0.5, 0.6) is 0 Å². The molecular formula is C15H13N3O3. The first-order valence-corrected chi connectivity index (χ1v) is 6.32. The lowest BCUT2D eigenvalue weighted by Crippen LogP contribution is -2.50. The Morgan fingerprint density at radius 2 is 1.67 bits per heavy atom. The first-order valence-electron chi connectivity index (χ1n) is 6.32. The number of primary amides is 1. The molecule has 6 heteroatoms. The number of hydrogen-bond donors (Lipinski definition) is 4. The van der Waals surface area contributed by atoms with E-state index in [0.29, 0.717) is 16.9 Å². The zero-order chi connectivity index (χ0) is 15.0. The number of anilines is 2. The predicted molar refractivity (Wildman–Crippen MR) is 78.0 cm³/mol. The van der Waals surface area contributed by atoms with E-state index in [1.54, 1.807) is 30.3 Å². The summed E-state index contributed by atoms with van der Waals surface area (Å²) in [6, 6.07) is 13.5. The van der Waals surface area contributed by atoms with Gasteiger partial charge in [0.05, 0.1) is 16.9 Å². The summed E-state index contributed by atoms with van der Waals surface area (Å²) < 4.78 is 0. The Balaban J connectivity index is 2.08. The number of aromatic carboxylic acids is 1. The lowest BCUT2D eigenvalue weighted by atomic mass is 9.99. The minimum Gasteiger partial charge on any atom is -0.478 e. The van der Waals surface area contributed by atoms with E-state index in [4.69, 9.17) is 10.8 Å². The third kappa shape index (κ3) is 1.97. The SMILES string of the molecule is NC(=O)C1(c2ccccc2)Nc2ccc(C(=O)O)cc2N1. The van der Waals surface area contributed by atoms with Gasteiger partial charge in [0.1, 0.15) is 0 Å². The van der Waals surface area contributed by atoms with Crippen LogP contribution in [0.2, 0.25) is 0 Å². The fourth-order valence-corrected chi connectivity index (χ4v) is 2.42. The van der Waals surface area contributed by atoms with Crippen LogP contribution in [0.25, 0.3) is 0 Å². The Kier molecular flexibility index (Phi) is 2.79. The van der Waals surface area contributed by atoms with E-state index in [1.165, 1.54) is 12.1 Å². The van der Waals surface area contributed by atoms with E-state index in [1.807, 2.05) is 6.07 Å². The molecule has 0 spiro atoms. The molecule has 0 saturated carbocycles. The Morgan fingerprint density at radius 3 is 2.29 bits per heavy atom. The lowest BCUT2D eigenvalue weighted by molar-refractivity contribution is -0.121. The van der Waals surface area contributed by atoms with Gasteiger partial charge in [-0.25, -0.2) is 4.79 Å². The standard InChI is InChI=1S/C15H13N3O3/c16-14(21)15(10-4-2-1-3-5-10)17-11-7-6-9(13(19)20)8-12(11)18-15/h1-8,17-18H,(H2,16,21)(H,19,20). The maximum Gasteiger partial charge on any atom is 0.335 e. The van der Waals surface area contributed by atoms with Crippen molar-refractivity contribution in [2.75, 3.05) is 10.6 Å². The Hall–Kier alpha value is -3.02. The third-order valence-corrected chi connectivity index (χ3v) is 3.49. The first-order chi connectivity index (χ1) is 10.0. The molecule has 2 aromatic carbocycles. The maximum atomic E-state index is 12.0. The van der Waals surface area contributed by atoms with Crippen LogP contribution in [-0.2, 0) is 10.5 Å². The minimum atomic E-state index is -1.28. The Bertz CT molecular complexity index is 730. The molecule has 1 unspecified atom stereocenters. The average Bonchev–Trinajstić information content (AvgIpc) is 2.88. The second-order valence-electron chi connectivity index (χ2n) is 4.80. The van der Waals surface area contributed by atoms with Crippen molar-refractivity contribution >= 4 is 23.3 Å². The van der Waals surface area contributed by atoms with E-state index in [-0.39, 0.29) is 5.56 Å². The number of carbonyl (C=O) groups is 2. The molecule has 1 atom stereocenters. The summed E-state index contributed by atoms with van der Waals surface area (Å²) in [6.45, 7) is 0. The summed E-state index contributed by atoms with van der Waals surface area (Å²) in [5.74, 6) is -1.63. The number of fused-ring (bicyclic) bond motifs is 1. The van der Waals surface area contributed by atoms with Gasteiger partial charge in [-0.3, -0.25) is 4.79 Å². The van der Waals surface area contributed by atoms with Crippen molar-refractivity contribution in [1.82, 2.24) is 0 Å². The zero-order valence-electron chi connectivity index (χ0n) is 11.0. The van der Waals surface area contributed by atoms with Crippen LogP contribution in [0.3, 0.4) is 0 Å². The summed E-state index contributed by atoms with van der Waals surface area (Å²) in [5, 5.41) is 15.1. The van der Waals surface area contributed by atoms with Crippen LogP contribution in [0, 0.1) is 0 Å². The average molecular weight is 283 g/mol. The van der Waals surface area contributed by atoms with Gasteiger partial charge in [-0.1, -0.05) is 30.3 Å². The van der Waals surface area contributed by atoms with Crippen molar-refractivity contribution in [1.29, 1.82) is 0 Å². The second kappa shape index (κ2) is 4.52. The van der Waals surface area contributed by atoms with Crippen molar-refractivity contribution < 1.29 is 14.7 Å². The Morgan fingerprint density at radius 1 is 1.00 bits per heavy atom. The van der Waals surface area contributed by atoms with Gasteiger partial charge < -0.3 is 21.5 Å². The van der Waals surface area contributed by atoms with Crippen molar-refractivity contribution in [2.24, 2.45) is 5.73 Å². The highest BCUT2D eigenvalue weighted by Crippen LogP contribution is 2.39. The summed E-state index contributed by atoms with van der Waals surface area (Å²) in [4.78, 5) is 23.0. The molecular weight excluding hydrogens is 270 g/mol. The van der Waals surface area contributed by atoms with Gasteiger partial charge in [-0.2, -0.15) is 0 Å². The van der Waals surface area contributed by atoms with Gasteiger partial charge in [0.15, 0.2) is 0 Å². The molecule has 0 radical (unpaired) electrons. The smallest absolute Gasteiger partial charge is 0.335 e. The first kappa shape index (κ1) is 13.0. The number of nitrogens with two attached hydrogens (primary N) is 1. The van der Waals surface area contributed by atoms with Crippen LogP contribution in [0.15, 0.2) is 48.5 Å². The fraction of sp³-hybridized carbons (Fsp3) is 0.0667. The van der Waals surface area contributed by atoms with Gasteiger partial charge in [0.25, 0.3) is 5.91 Å². The van der Waals surface area contributed by atoms with E-state index >= 15 is 0 Å². The molecule has 0 aromatic heterocycles. The molecule has 5 N–H and O–H groups in total. The topological polar surface area (TPSA) is 104 Å². The number of benzene rings is 2. The summed E-state index contributed by atoms with van der Waals surface area (Å²) >= 11 is 0. The molecule has 1 aliphatic heterocycles. The van der Waals surface area contributed by atoms with Crippen molar-refractivity contribution in [3.8, 4) is 0 Å². The number of rotatable bonds is 3. The molecule has 0 bridgehead atoms. The van der Waals surface area contributed by atoms with Crippen LogP contribution in [-0.4, -0.2) is 17.0 Å². The molecule has 21 heavy (non-hydrogen) atoms. The van der Waals surface area contributed by atoms with Gasteiger partial charge >= 0.3 is 5.97 Å². The van der Waals surface area contributed by atoms with Gasteiger partial charge in [-0.05, 0) is 18.2 Å². The number of nitrogens with one attached hydrogen (secondary N) is 2. The molecule has 6 nitrogen and oxygen atoms in total. The quantitative estimate of drug-likeness (QED) is 0.684. The minimum absolute atomic E-state index is 0.136. The monoisotopic (exact) mass is 283 g/mol. The van der Waals surface area contributed by atoms with E-state index in [2.05, 4.69) is 10.6 Å². The summed E-state index contributed by atoms with van der Waals surface area (Å²) in [6.07, 6.45) is 0. The van der Waals surface area contributed by atoms with E-state index < -0.39 is 17.5 Å². The zero-order valence-corrected chi connectivity index (χ0v) is 11.0.